The SMILES string of the molecule is C1#CCC[N+]#C1. The average molecular weight is 78.1 g/mol. The van der Waals surface area contributed by atoms with Gasteiger partial charge in [0.2, 0.25) is 0 Å². The quantitative estimate of drug-likeness (QED) is 0.376. The second-order valence-electron chi connectivity index (χ2n) is 1.05. The highest BCUT2D eigenvalue weighted by atomic mass is 14.6. The summed E-state index contributed by atoms with van der Waals surface area (Å²) >= 11 is 0. The molecule has 0 N–H and O–H groups in total. The molecule has 0 saturated heterocycles. The van der Waals surface area contributed by atoms with E-state index in [0.717, 1.165) is 13.0 Å². The van der Waals surface area contributed by atoms with Gasteiger partial charge in [-0.2, -0.15) is 0 Å². The van der Waals surface area contributed by atoms with Crippen LogP contribution in [-0.2, 0) is 0 Å². The van der Waals surface area contributed by atoms with Crippen LogP contribution >= 0.6 is 0 Å². The van der Waals surface area contributed by atoms with E-state index in [0.29, 0.717) is 0 Å². The summed E-state index contributed by atoms with van der Waals surface area (Å²) in [5.74, 6) is 5.45. The minimum Gasteiger partial charge on any atom is -0.0747 e. The second-order valence-corrected chi connectivity index (χ2v) is 1.05. The normalized spacial score (nSPS) is 13.3. The van der Waals surface area contributed by atoms with Gasteiger partial charge in [0.05, 0.1) is 12.3 Å². The van der Waals surface area contributed by atoms with E-state index >= 15 is 0 Å². The van der Waals surface area contributed by atoms with Gasteiger partial charge in [-0.05, 0) is 0 Å². The molecule has 1 heterocycles. The van der Waals surface area contributed by atoms with Gasteiger partial charge in [0.1, 0.15) is 0 Å². The molecule has 28 valence electrons. The number of hydrogen-bond donors (Lipinski definition) is 0. The van der Waals surface area contributed by atoms with Crippen LogP contribution in [0.1, 0.15) is 6.42 Å². The molecule has 0 saturated carbocycles. The van der Waals surface area contributed by atoms with Crippen LogP contribution in [-0.4, -0.2) is 6.54 Å². The summed E-state index contributed by atoms with van der Waals surface area (Å²) in [7, 11) is 0. The largest absolute Gasteiger partial charge is 0.365 e. The predicted octanol–water partition coefficient (Wildman–Crippen LogP) is 0.726. The standard InChI is InChI=1S/C5H4N/c1-2-4-6-5-3-1/h2,4H2/q+1. The summed E-state index contributed by atoms with van der Waals surface area (Å²) in [4.78, 5) is 3.75. The molecule has 0 aliphatic carbocycles. The number of nitrogens with zero attached hydrogens (tertiary/aromatic N) is 1. The summed E-state index contributed by atoms with van der Waals surface area (Å²) in [6.45, 7) is 0.840. The third kappa shape index (κ3) is 0.503. The Bertz CT molecular complexity index is 128. The molecular weight excluding hydrogens is 74.1 g/mol. The van der Waals surface area contributed by atoms with E-state index in [9.17, 15) is 0 Å². The molecule has 0 radical (unpaired) electrons. The molecule has 0 fully saturated rings. The van der Waals surface area contributed by atoms with Crippen LogP contribution in [0.3, 0.4) is 0 Å². The Balaban J connectivity index is 2.67. The highest BCUT2D eigenvalue weighted by Crippen LogP contribution is 1.80. The van der Waals surface area contributed by atoms with E-state index in [1.807, 2.05) is 0 Å². The van der Waals surface area contributed by atoms with Crippen molar-refractivity contribution in [1.29, 1.82) is 0 Å². The molecule has 0 spiro atoms. The first kappa shape index (κ1) is 3.25. The van der Waals surface area contributed by atoms with Crippen LogP contribution < -0.4 is 0 Å². The zero-order chi connectivity index (χ0) is 4.24. The van der Waals surface area contributed by atoms with E-state index in [1.165, 1.54) is 0 Å². The van der Waals surface area contributed by atoms with Crippen molar-refractivity contribution in [3.8, 4) is 17.9 Å². The van der Waals surface area contributed by atoms with Crippen LogP contribution in [0.4, 0.5) is 0 Å². The van der Waals surface area contributed by atoms with Crippen molar-refractivity contribution in [3.63, 3.8) is 0 Å². The Hall–Kier alpha value is -0.950. The van der Waals surface area contributed by atoms with Gasteiger partial charge in [0.25, 0.3) is 6.54 Å². The molecule has 0 unspecified atom stereocenters. The topological polar surface area (TPSA) is 4.36 Å². The zero-order valence-electron chi connectivity index (χ0n) is 3.36. The van der Waals surface area contributed by atoms with Crippen LogP contribution in [0.25, 0.3) is 4.85 Å². The van der Waals surface area contributed by atoms with Gasteiger partial charge in [-0.1, -0.05) is 10.8 Å². The van der Waals surface area contributed by atoms with E-state index in [4.69, 9.17) is 0 Å². The Labute approximate surface area is 36.8 Å². The van der Waals surface area contributed by atoms with Crippen LogP contribution in [0, 0.1) is 17.9 Å². The maximum atomic E-state index is 3.75. The van der Waals surface area contributed by atoms with Crippen LogP contribution in [0.15, 0.2) is 0 Å². The maximum absolute atomic E-state index is 3.75. The molecule has 6 heavy (non-hydrogen) atoms. The minimum atomic E-state index is 0.840. The van der Waals surface area contributed by atoms with Crippen molar-refractivity contribution < 1.29 is 0 Å². The summed E-state index contributed by atoms with van der Waals surface area (Å²) in [5.41, 5.74) is 0. The maximum Gasteiger partial charge on any atom is 0.365 e. The van der Waals surface area contributed by atoms with Crippen molar-refractivity contribution in [2.75, 3.05) is 6.54 Å². The molecule has 1 nitrogen and oxygen atoms in total. The molecule has 1 heteroatoms. The van der Waals surface area contributed by atoms with Gasteiger partial charge in [-0.15, -0.1) is 0 Å². The zero-order valence-corrected chi connectivity index (χ0v) is 3.36. The van der Waals surface area contributed by atoms with Crippen molar-refractivity contribution in [3.05, 3.63) is 4.85 Å². The molecule has 0 atom stereocenters. The molecule has 0 aromatic rings. The second kappa shape index (κ2) is 1.48. The molecular formula is C5H4N+. The van der Waals surface area contributed by atoms with Crippen molar-refractivity contribution in [1.82, 2.24) is 0 Å². The highest BCUT2D eigenvalue weighted by Gasteiger charge is 1.88. The van der Waals surface area contributed by atoms with E-state index in [1.54, 1.807) is 0 Å². The molecule has 0 aromatic carbocycles. The summed E-state index contributed by atoms with van der Waals surface area (Å²) in [6.07, 6.45) is 0.910. The number of hydrogen-bond acceptors (Lipinski definition) is 0. The van der Waals surface area contributed by atoms with E-state index < -0.39 is 0 Å². The first-order valence-corrected chi connectivity index (χ1v) is 1.89. The Morgan fingerprint density at radius 3 is 2.67 bits per heavy atom. The molecule has 0 aromatic heterocycles. The van der Waals surface area contributed by atoms with E-state index in [-0.39, 0.29) is 0 Å². The van der Waals surface area contributed by atoms with Gasteiger partial charge in [0.15, 0.2) is 0 Å². The molecule has 1 aliphatic heterocycles. The van der Waals surface area contributed by atoms with Crippen molar-refractivity contribution >= 4 is 0 Å². The predicted molar refractivity (Wildman–Crippen MR) is 24.5 cm³/mol. The van der Waals surface area contributed by atoms with Crippen LogP contribution in [0.5, 0.6) is 0 Å². The number of rotatable bonds is 0. The lowest BCUT2D eigenvalue weighted by atomic mass is 10.4. The van der Waals surface area contributed by atoms with E-state index in [2.05, 4.69) is 22.8 Å². The monoisotopic (exact) mass is 78.0 g/mol. The Morgan fingerprint density at radius 1 is 1.50 bits per heavy atom. The lowest BCUT2D eigenvalue weighted by Gasteiger charge is -1.66. The van der Waals surface area contributed by atoms with Gasteiger partial charge in [-0.25, -0.2) is 0 Å². The average Bonchev–Trinajstić information content (AvgIpc) is 1.72. The fraction of sp³-hybridized carbons (Fsp3) is 0.400. The Morgan fingerprint density at radius 2 is 2.50 bits per heavy atom. The molecule has 1 rings (SSSR count). The lowest BCUT2D eigenvalue weighted by molar-refractivity contribution is 1.18. The summed E-state index contributed by atoms with van der Waals surface area (Å²) in [5, 5.41) is 0. The first-order chi connectivity index (χ1) is 3.00. The summed E-state index contributed by atoms with van der Waals surface area (Å²) in [6, 6.07) is 2.55. The van der Waals surface area contributed by atoms with Gasteiger partial charge in [-0.3, -0.25) is 0 Å². The van der Waals surface area contributed by atoms with Gasteiger partial charge >= 0.3 is 6.07 Å². The smallest absolute Gasteiger partial charge is 0.0747 e. The fourth-order valence-corrected chi connectivity index (χ4v) is 0.309. The third-order valence-corrected chi connectivity index (χ3v) is 0.572. The van der Waals surface area contributed by atoms with Gasteiger partial charge < -0.3 is 0 Å². The molecule has 0 amide bonds. The highest BCUT2D eigenvalue weighted by molar-refractivity contribution is 5.24. The lowest BCUT2D eigenvalue weighted by Crippen LogP contribution is -1.74. The van der Waals surface area contributed by atoms with Crippen LogP contribution in [0.2, 0.25) is 0 Å². The minimum absolute atomic E-state index is 0.840. The third-order valence-electron chi connectivity index (χ3n) is 0.572. The summed E-state index contributed by atoms with van der Waals surface area (Å²) < 4.78 is 0. The van der Waals surface area contributed by atoms with Crippen molar-refractivity contribution in [2.24, 2.45) is 0 Å². The Kier molecular flexibility index (Phi) is 0.800. The van der Waals surface area contributed by atoms with Gasteiger partial charge in [0, 0.05) is 0 Å². The van der Waals surface area contributed by atoms with Crippen molar-refractivity contribution in [2.45, 2.75) is 6.42 Å². The molecule has 1 aliphatic rings. The molecule has 0 bridgehead atoms. The fourth-order valence-electron chi connectivity index (χ4n) is 0.309. The first-order valence-electron chi connectivity index (χ1n) is 1.89.